The summed E-state index contributed by atoms with van der Waals surface area (Å²) in [5, 5.41) is 13.0. The van der Waals surface area contributed by atoms with E-state index in [1.54, 1.807) is 28.6 Å². The van der Waals surface area contributed by atoms with Crippen LogP contribution in [0.3, 0.4) is 0 Å². The van der Waals surface area contributed by atoms with Crippen LogP contribution < -0.4 is 10.3 Å². The third kappa shape index (κ3) is 2.84. The van der Waals surface area contributed by atoms with E-state index in [0.29, 0.717) is 17.7 Å². The third-order valence-corrected chi connectivity index (χ3v) is 4.95. The molecule has 0 saturated carbocycles. The van der Waals surface area contributed by atoms with Gasteiger partial charge >= 0.3 is 0 Å². The molecule has 142 valence electrons. The minimum atomic E-state index is -0.223. The molecule has 7 heteroatoms. The second kappa shape index (κ2) is 6.87. The number of rotatable bonds is 4. The van der Waals surface area contributed by atoms with Crippen LogP contribution in [0.4, 0.5) is 0 Å². The Morgan fingerprint density at radius 1 is 0.966 bits per heavy atom. The van der Waals surface area contributed by atoms with Gasteiger partial charge in [-0.25, -0.2) is 4.52 Å². The van der Waals surface area contributed by atoms with Gasteiger partial charge in [0.1, 0.15) is 11.3 Å². The molecule has 0 amide bonds. The number of nitrogens with zero attached hydrogens (tertiary/aromatic N) is 5. The Bertz CT molecular complexity index is 1390. The van der Waals surface area contributed by atoms with Crippen LogP contribution in [0.5, 0.6) is 5.75 Å². The molecule has 5 aromatic rings. The predicted molar refractivity (Wildman–Crippen MR) is 110 cm³/mol. The molecule has 5 rings (SSSR count). The first-order valence-electron chi connectivity index (χ1n) is 9.17. The fourth-order valence-corrected chi connectivity index (χ4v) is 3.49. The van der Waals surface area contributed by atoms with Crippen molar-refractivity contribution in [2.75, 3.05) is 7.11 Å². The summed E-state index contributed by atoms with van der Waals surface area (Å²) < 4.78 is 8.66. The topological polar surface area (TPSA) is 74.3 Å². The van der Waals surface area contributed by atoms with Crippen LogP contribution in [-0.2, 0) is 6.54 Å². The monoisotopic (exact) mass is 383 g/mol. The van der Waals surface area contributed by atoms with Crippen molar-refractivity contribution in [3.8, 4) is 16.9 Å². The molecule has 0 N–H and O–H groups in total. The number of benzene rings is 2. The summed E-state index contributed by atoms with van der Waals surface area (Å²) in [4.78, 5) is 13.0. The molecule has 3 aromatic heterocycles. The number of methoxy groups -OCH3 is 1. The predicted octanol–water partition coefficient (Wildman–Crippen LogP) is 3.16. The summed E-state index contributed by atoms with van der Waals surface area (Å²) in [5.41, 5.74) is 4.08. The highest BCUT2D eigenvalue weighted by molar-refractivity contribution is 5.82. The number of fused-ring (bicyclic) bond motifs is 3. The van der Waals surface area contributed by atoms with Gasteiger partial charge in [-0.05, 0) is 17.7 Å². The van der Waals surface area contributed by atoms with Crippen LogP contribution in [-0.4, -0.2) is 31.5 Å². The Hall–Kier alpha value is -4.00. The van der Waals surface area contributed by atoms with Crippen LogP contribution in [0.15, 0.2) is 77.9 Å². The molecule has 0 unspecified atom stereocenters. The molecule has 0 saturated heterocycles. The van der Waals surface area contributed by atoms with Crippen molar-refractivity contribution in [3.63, 3.8) is 0 Å². The number of para-hydroxylation sites is 1. The van der Waals surface area contributed by atoms with E-state index in [-0.39, 0.29) is 11.1 Å². The van der Waals surface area contributed by atoms with Crippen LogP contribution in [0, 0.1) is 0 Å². The lowest BCUT2D eigenvalue weighted by molar-refractivity contribution is 0.408. The SMILES string of the molecule is COc1ccccc1Cn1ccc2c(nnc3c(-c4ccccc4)cnn32)c1=O. The summed E-state index contributed by atoms with van der Waals surface area (Å²) in [5.74, 6) is 0.737. The maximum Gasteiger partial charge on any atom is 0.280 e. The lowest BCUT2D eigenvalue weighted by Gasteiger charge is -2.11. The number of hydrogen-bond donors (Lipinski definition) is 0. The van der Waals surface area contributed by atoms with E-state index in [9.17, 15) is 4.79 Å². The molecule has 29 heavy (non-hydrogen) atoms. The van der Waals surface area contributed by atoms with Gasteiger partial charge in [0.15, 0.2) is 11.2 Å². The second-order valence-corrected chi connectivity index (χ2v) is 6.65. The van der Waals surface area contributed by atoms with E-state index in [1.165, 1.54) is 0 Å². The Morgan fingerprint density at radius 2 is 1.76 bits per heavy atom. The van der Waals surface area contributed by atoms with Gasteiger partial charge in [0, 0.05) is 17.3 Å². The molecule has 2 aromatic carbocycles. The molecular weight excluding hydrogens is 366 g/mol. The maximum absolute atomic E-state index is 13.0. The van der Waals surface area contributed by atoms with Gasteiger partial charge in [0.05, 0.1) is 19.9 Å². The van der Waals surface area contributed by atoms with Gasteiger partial charge in [-0.15, -0.1) is 10.2 Å². The minimum absolute atomic E-state index is 0.223. The van der Waals surface area contributed by atoms with Gasteiger partial charge in [-0.1, -0.05) is 48.5 Å². The first kappa shape index (κ1) is 17.1. The zero-order valence-electron chi connectivity index (χ0n) is 15.7. The van der Waals surface area contributed by atoms with Crippen molar-refractivity contribution < 1.29 is 4.74 Å². The summed E-state index contributed by atoms with van der Waals surface area (Å²) in [6, 6.07) is 19.3. The molecule has 3 heterocycles. The molecule has 0 radical (unpaired) electrons. The molecule has 0 aliphatic rings. The summed E-state index contributed by atoms with van der Waals surface area (Å²) in [7, 11) is 1.62. The molecule has 0 aliphatic carbocycles. The molecule has 0 fully saturated rings. The molecule has 0 aliphatic heterocycles. The van der Waals surface area contributed by atoms with Gasteiger partial charge in [-0.2, -0.15) is 5.10 Å². The van der Waals surface area contributed by atoms with E-state index < -0.39 is 0 Å². The van der Waals surface area contributed by atoms with Crippen molar-refractivity contribution in [1.82, 2.24) is 24.4 Å². The highest BCUT2D eigenvalue weighted by Gasteiger charge is 2.14. The van der Waals surface area contributed by atoms with E-state index in [4.69, 9.17) is 4.74 Å². The number of aromatic nitrogens is 5. The van der Waals surface area contributed by atoms with Crippen molar-refractivity contribution in [3.05, 3.63) is 89.0 Å². The Balaban J connectivity index is 1.63. The van der Waals surface area contributed by atoms with E-state index in [0.717, 1.165) is 22.4 Å². The number of pyridine rings is 1. The molecule has 7 nitrogen and oxygen atoms in total. The second-order valence-electron chi connectivity index (χ2n) is 6.65. The first-order chi connectivity index (χ1) is 14.3. The number of hydrogen-bond acceptors (Lipinski definition) is 5. The number of ether oxygens (including phenoxy) is 1. The zero-order chi connectivity index (χ0) is 19.8. The lowest BCUT2D eigenvalue weighted by atomic mass is 10.1. The average Bonchev–Trinajstić information content (AvgIpc) is 3.21. The smallest absolute Gasteiger partial charge is 0.280 e. The normalized spacial score (nSPS) is 11.2. The van der Waals surface area contributed by atoms with E-state index in [1.807, 2.05) is 60.7 Å². The van der Waals surface area contributed by atoms with Gasteiger partial charge in [-0.3, -0.25) is 4.79 Å². The lowest BCUT2D eigenvalue weighted by Crippen LogP contribution is -2.22. The van der Waals surface area contributed by atoms with Crippen molar-refractivity contribution in [1.29, 1.82) is 0 Å². The summed E-state index contributed by atoms with van der Waals surface area (Å²) in [6.45, 7) is 0.382. The van der Waals surface area contributed by atoms with Crippen LogP contribution >= 0.6 is 0 Å². The molecule has 0 spiro atoms. The first-order valence-corrected chi connectivity index (χ1v) is 9.17. The fraction of sp³-hybridized carbons (Fsp3) is 0.0909. The van der Waals surface area contributed by atoms with E-state index in [2.05, 4.69) is 15.3 Å². The van der Waals surface area contributed by atoms with Crippen LogP contribution in [0.1, 0.15) is 5.56 Å². The summed E-state index contributed by atoms with van der Waals surface area (Å²) >= 11 is 0. The van der Waals surface area contributed by atoms with E-state index >= 15 is 0 Å². The van der Waals surface area contributed by atoms with Crippen LogP contribution in [0.25, 0.3) is 27.8 Å². The Morgan fingerprint density at radius 3 is 2.59 bits per heavy atom. The Kier molecular flexibility index (Phi) is 4.05. The average molecular weight is 383 g/mol. The van der Waals surface area contributed by atoms with Crippen molar-refractivity contribution in [2.45, 2.75) is 6.54 Å². The standard InChI is InChI=1S/C22H17N5O2/c1-29-19-10-6-5-9-16(19)14-26-12-11-18-20(22(26)28)24-25-21-17(13-23-27(18)21)15-7-3-2-4-8-15/h2-13H,14H2,1H3. The van der Waals surface area contributed by atoms with Gasteiger partial charge in [0.25, 0.3) is 5.56 Å². The van der Waals surface area contributed by atoms with Crippen molar-refractivity contribution >= 4 is 16.7 Å². The minimum Gasteiger partial charge on any atom is -0.496 e. The highest BCUT2D eigenvalue weighted by Crippen LogP contribution is 2.24. The molecule has 0 bridgehead atoms. The zero-order valence-corrected chi connectivity index (χ0v) is 15.7. The summed E-state index contributed by atoms with van der Waals surface area (Å²) in [6.07, 6.45) is 3.50. The Labute approximate surface area is 165 Å². The molecular formula is C22H17N5O2. The quantitative estimate of drug-likeness (QED) is 0.477. The highest BCUT2D eigenvalue weighted by atomic mass is 16.5. The fourth-order valence-electron chi connectivity index (χ4n) is 3.49. The third-order valence-electron chi connectivity index (χ3n) is 4.95. The van der Waals surface area contributed by atoms with Gasteiger partial charge < -0.3 is 9.30 Å². The molecule has 0 atom stereocenters. The van der Waals surface area contributed by atoms with Crippen LogP contribution in [0.2, 0.25) is 0 Å². The van der Waals surface area contributed by atoms with Gasteiger partial charge in [0.2, 0.25) is 0 Å². The largest absolute Gasteiger partial charge is 0.496 e. The van der Waals surface area contributed by atoms with Crippen molar-refractivity contribution in [2.24, 2.45) is 0 Å². The maximum atomic E-state index is 13.0.